The van der Waals surface area contributed by atoms with Crippen LogP contribution in [0.25, 0.3) is 0 Å². The molecule has 18 heavy (non-hydrogen) atoms. The summed E-state index contributed by atoms with van der Waals surface area (Å²) in [5, 5.41) is 2.57. The van der Waals surface area contributed by atoms with Crippen molar-refractivity contribution in [3.8, 4) is 0 Å². The molecule has 1 N–H and O–H groups in total. The summed E-state index contributed by atoms with van der Waals surface area (Å²) < 4.78 is 0. The maximum absolute atomic E-state index is 11.4. The Labute approximate surface area is 112 Å². The number of hydrogen-bond donors (Lipinski definition) is 2. The molecule has 3 heteroatoms. The Morgan fingerprint density at radius 3 is 1.67 bits per heavy atom. The fraction of sp³-hybridized carbons (Fsp3) is 0.133. The van der Waals surface area contributed by atoms with Crippen molar-refractivity contribution in [2.45, 2.75) is 12.5 Å². The molecular formula is C15H15NOS. The lowest BCUT2D eigenvalue weighted by molar-refractivity contribution is 0.253. The van der Waals surface area contributed by atoms with Crippen molar-refractivity contribution in [1.29, 1.82) is 0 Å². The Bertz CT molecular complexity index is 485. The second-order valence-corrected chi connectivity index (χ2v) is 4.69. The van der Waals surface area contributed by atoms with Crippen molar-refractivity contribution in [3.05, 3.63) is 71.8 Å². The van der Waals surface area contributed by atoms with Gasteiger partial charge in [0.05, 0.1) is 5.54 Å². The quantitative estimate of drug-likeness (QED) is 0.808. The second kappa shape index (κ2) is 5.27. The molecule has 2 nitrogen and oxygen atoms in total. The van der Waals surface area contributed by atoms with Crippen LogP contribution in [-0.4, -0.2) is 5.24 Å². The topological polar surface area (TPSA) is 29.1 Å². The number of carbonyl (C=O) groups excluding carboxylic acids is 1. The van der Waals surface area contributed by atoms with E-state index >= 15 is 0 Å². The van der Waals surface area contributed by atoms with E-state index in [-0.39, 0.29) is 5.24 Å². The lowest BCUT2D eigenvalue weighted by Crippen LogP contribution is -2.42. The number of hydrogen-bond acceptors (Lipinski definition) is 1. The molecule has 0 unspecified atom stereocenters. The summed E-state index contributed by atoms with van der Waals surface area (Å²) in [4.78, 5) is 11.4. The zero-order chi connectivity index (χ0) is 13.0. The highest BCUT2D eigenvalue weighted by atomic mass is 32.1. The molecule has 0 saturated heterocycles. The van der Waals surface area contributed by atoms with Gasteiger partial charge in [0.2, 0.25) is 0 Å². The molecule has 0 fully saturated rings. The molecule has 2 aromatic carbocycles. The molecule has 0 aromatic heterocycles. The molecule has 0 aliphatic heterocycles. The minimum absolute atomic E-state index is 0.342. The van der Waals surface area contributed by atoms with Gasteiger partial charge in [-0.05, 0) is 18.1 Å². The van der Waals surface area contributed by atoms with Gasteiger partial charge >= 0.3 is 0 Å². The molecule has 0 spiro atoms. The van der Waals surface area contributed by atoms with E-state index in [0.29, 0.717) is 0 Å². The lowest BCUT2D eigenvalue weighted by atomic mass is 9.85. The molecule has 92 valence electrons. The summed E-state index contributed by atoms with van der Waals surface area (Å²) in [7, 11) is 0. The van der Waals surface area contributed by atoms with Crippen LogP contribution in [0.2, 0.25) is 0 Å². The first-order valence-corrected chi connectivity index (χ1v) is 6.20. The Kier molecular flexibility index (Phi) is 3.72. The third-order valence-corrected chi connectivity index (χ3v) is 3.17. The smallest absolute Gasteiger partial charge is 0.276 e. The van der Waals surface area contributed by atoms with Gasteiger partial charge in [-0.3, -0.25) is 4.79 Å². The number of benzene rings is 2. The van der Waals surface area contributed by atoms with Crippen LogP contribution < -0.4 is 5.32 Å². The minimum Gasteiger partial charge on any atom is -0.334 e. The van der Waals surface area contributed by atoms with Crippen molar-refractivity contribution in [2.24, 2.45) is 0 Å². The van der Waals surface area contributed by atoms with E-state index in [1.165, 1.54) is 0 Å². The van der Waals surface area contributed by atoms with E-state index in [1.54, 1.807) is 0 Å². The molecule has 0 bridgehead atoms. The Balaban J connectivity index is 2.51. The molecular weight excluding hydrogens is 242 g/mol. The van der Waals surface area contributed by atoms with E-state index in [2.05, 4.69) is 17.9 Å². The van der Waals surface area contributed by atoms with Gasteiger partial charge in [0, 0.05) is 0 Å². The van der Waals surface area contributed by atoms with E-state index in [9.17, 15) is 4.79 Å². The first kappa shape index (κ1) is 12.7. The highest BCUT2D eigenvalue weighted by molar-refractivity contribution is 7.96. The van der Waals surface area contributed by atoms with Crippen molar-refractivity contribution < 1.29 is 4.79 Å². The fourth-order valence-corrected chi connectivity index (χ4v) is 2.29. The molecule has 0 aliphatic rings. The number of thiol groups is 1. The molecule has 0 heterocycles. The molecule has 0 aliphatic carbocycles. The van der Waals surface area contributed by atoms with E-state index in [0.717, 1.165) is 11.1 Å². The Hall–Kier alpha value is -1.74. The summed E-state index contributed by atoms with van der Waals surface area (Å²) in [6.07, 6.45) is 0. The second-order valence-electron chi connectivity index (χ2n) is 4.29. The maximum atomic E-state index is 11.4. The first-order valence-electron chi connectivity index (χ1n) is 5.75. The van der Waals surface area contributed by atoms with Crippen LogP contribution >= 0.6 is 12.6 Å². The van der Waals surface area contributed by atoms with E-state index < -0.39 is 5.54 Å². The van der Waals surface area contributed by atoms with Crippen LogP contribution in [0.4, 0.5) is 4.79 Å². The molecule has 0 radical (unpaired) electrons. The van der Waals surface area contributed by atoms with Gasteiger partial charge in [0.15, 0.2) is 0 Å². The predicted molar refractivity (Wildman–Crippen MR) is 76.9 cm³/mol. The summed E-state index contributed by atoms with van der Waals surface area (Å²) >= 11 is 3.84. The molecule has 2 rings (SSSR count). The fourth-order valence-electron chi connectivity index (χ4n) is 2.07. The zero-order valence-corrected chi connectivity index (χ0v) is 11.0. The highest BCUT2D eigenvalue weighted by Crippen LogP contribution is 2.29. The summed E-state index contributed by atoms with van der Waals surface area (Å²) in [5.41, 5.74) is 1.48. The average molecular weight is 257 g/mol. The number of amides is 1. The van der Waals surface area contributed by atoms with Crippen molar-refractivity contribution in [3.63, 3.8) is 0 Å². The van der Waals surface area contributed by atoms with Gasteiger partial charge in [-0.1, -0.05) is 73.3 Å². The zero-order valence-electron chi connectivity index (χ0n) is 10.1. The van der Waals surface area contributed by atoms with Gasteiger partial charge in [-0.15, -0.1) is 0 Å². The van der Waals surface area contributed by atoms with Crippen molar-refractivity contribution >= 4 is 17.9 Å². The van der Waals surface area contributed by atoms with Gasteiger partial charge in [0.25, 0.3) is 5.24 Å². The molecule has 1 amide bonds. The van der Waals surface area contributed by atoms with Gasteiger partial charge in [0.1, 0.15) is 0 Å². The summed E-state index contributed by atoms with van der Waals surface area (Å²) in [5.74, 6) is 0. The average Bonchev–Trinajstić information content (AvgIpc) is 2.40. The molecule has 0 saturated carbocycles. The SMILES string of the molecule is CC(NC(=O)S)(c1ccccc1)c1ccccc1. The van der Waals surface area contributed by atoms with Crippen LogP contribution in [-0.2, 0) is 5.54 Å². The Morgan fingerprint density at radius 1 is 0.944 bits per heavy atom. The molecule has 0 atom stereocenters. The maximum Gasteiger partial charge on any atom is 0.276 e. The number of rotatable bonds is 3. The largest absolute Gasteiger partial charge is 0.334 e. The minimum atomic E-state index is -0.568. The first-order chi connectivity index (χ1) is 8.63. The van der Waals surface area contributed by atoms with Crippen molar-refractivity contribution in [2.75, 3.05) is 0 Å². The van der Waals surface area contributed by atoms with E-state index in [4.69, 9.17) is 0 Å². The third kappa shape index (κ3) is 2.57. The Morgan fingerprint density at radius 2 is 1.33 bits per heavy atom. The van der Waals surface area contributed by atoms with E-state index in [1.807, 2.05) is 67.6 Å². The van der Waals surface area contributed by atoms with Crippen molar-refractivity contribution in [1.82, 2.24) is 5.32 Å². The van der Waals surface area contributed by atoms with Crippen LogP contribution in [0.15, 0.2) is 60.7 Å². The van der Waals surface area contributed by atoms with Crippen LogP contribution in [0.3, 0.4) is 0 Å². The summed E-state index contributed by atoms with van der Waals surface area (Å²) in [6, 6.07) is 19.7. The number of carbonyl (C=O) groups is 1. The summed E-state index contributed by atoms with van der Waals surface area (Å²) in [6.45, 7) is 1.98. The normalized spacial score (nSPS) is 11.0. The standard InChI is InChI=1S/C15H15NOS/c1-15(16-14(17)18,12-8-4-2-5-9-12)13-10-6-3-7-11-13/h2-11H,1H3,(H2,16,17,18). The van der Waals surface area contributed by atoms with Crippen LogP contribution in [0.5, 0.6) is 0 Å². The predicted octanol–water partition coefficient (Wildman–Crippen LogP) is 3.59. The van der Waals surface area contributed by atoms with Crippen LogP contribution in [0.1, 0.15) is 18.1 Å². The van der Waals surface area contributed by atoms with Crippen LogP contribution in [0, 0.1) is 0 Å². The molecule has 2 aromatic rings. The number of nitrogens with one attached hydrogen (secondary N) is 1. The third-order valence-electron chi connectivity index (χ3n) is 3.06. The van der Waals surface area contributed by atoms with Gasteiger partial charge in [-0.25, -0.2) is 0 Å². The lowest BCUT2D eigenvalue weighted by Gasteiger charge is -2.31. The van der Waals surface area contributed by atoms with Gasteiger partial charge < -0.3 is 5.32 Å². The highest BCUT2D eigenvalue weighted by Gasteiger charge is 2.29. The monoisotopic (exact) mass is 257 g/mol. The van der Waals surface area contributed by atoms with Gasteiger partial charge in [-0.2, -0.15) is 0 Å².